The second-order valence-corrected chi connectivity index (χ2v) is 7.90. The second-order valence-electron chi connectivity index (χ2n) is 7.90. The lowest BCUT2D eigenvalue weighted by atomic mass is 9.93. The monoisotopic (exact) mass is 288 g/mol. The number of benzene rings is 1. The first-order valence-corrected chi connectivity index (χ1v) is 8.32. The fourth-order valence-electron chi connectivity index (χ4n) is 3.47. The molecule has 0 spiro atoms. The van der Waals surface area contributed by atoms with Crippen molar-refractivity contribution in [2.24, 2.45) is 5.92 Å². The Balaban J connectivity index is 2.10. The van der Waals surface area contributed by atoms with E-state index in [4.69, 9.17) is 0 Å². The average molecular weight is 288 g/mol. The fraction of sp³-hybridized carbons (Fsp3) is 0.684. The van der Waals surface area contributed by atoms with E-state index in [2.05, 4.69) is 70.0 Å². The van der Waals surface area contributed by atoms with Gasteiger partial charge in [0.2, 0.25) is 0 Å². The molecule has 0 amide bonds. The lowest BCUT2D eigenvalue weighted by Gasteiger charge is -2.46. The number of rotatable bonds is 4. The Labute approximate surface area is 130 Å². The van der Waals surface area contributed by atoms with Gasteiger partial charge in [0.1, 0.15) is 0 Å². The van der Waals surface area contributed by atoms with Gasteiger partial charge in [-0.2, -0.15) is 0 Å². The van der Waals surface area contributed by atoms with E-state index in [1.165, 1.54) is 23.1 Å². The third-order valence-electron chi connectivity index (χ3n) is 4.53. The molecule has 0 aromatic heterocycles. The summed E-state index contributed by atoms with van der Waals surface area (Å²) in [5.74, 6) is 0.756. The van der Waals surface area contributed by atoms with Gasteiger partial charge in [0, 0.05) is 31.2 Å². The van der Waals surface area contributed by atoms with Gasteiger partial charge in [-0.3, -0.25) is 4.90 Å². The molecule has 0 radical (unpaired) electrons. The van der Waals surface area contributed by atoms with Crippen molar-refractivity contribution in [1.82, 2.24) is 10.2 Å². The van der Waals surface area contributed by atoms with Crippen LogP contribution in [0.4, 0.5) is 0 Å². The highest BCUT2D eigenvalue weighted by Crippen LogP contribution is 2.24. The highest BCUT2D eigenvalue weighted by atomic mass is 15.3. The van der Waals surface area contributed by atoms with E-state index in [0.29, 0.717) is 6.04 Å². The van der Waals surface area contributed by atoms with Crippen molar-refractivity contribution in [2.75, 3.05) is 13.1 Å². The molecule has 2 nitrogen and oxygen atoms in total. The molecule has 21 heavy (non-hydrogen) atoms. The Kier molecular flexibility index (Phi) is 5.11. The minimum absolute atomic E-state index is 0.227. The molecule has 0 bridgehead atoms. The Bertz CT molecular complexity index is 456. The summed E-state index contributed by atoms with van der Waals surface area (Å²) >= 11 is 0. The molecule has 1 fully saturated rings. The maximum absolute atomic E-state index is 3.74. The number of nitrogens with zero attached hydrogens (tertiary/aromatic N) is 1. The van der Waals surface area contributed by atoms with Crippen molar-refractivity contribution in [2.45, 2.75) is 66.1 Å². The third kappa shape index (κ3) is 4.55. The third-order valence-corrected chi connectivity index (χ3v) is 4.53. The summed E-state index contributed by atoms with van der Waals surface area (Å²) in [7, 11) is 0. The second kappa shape index (κ2) is 6.50. The Morgan fingerprint density at radius 3 is 2.38 bits per heavy atom. The maximum Gasteiger partial charge on any atom is 0.0281 e. The summed E-state index contributed by atoms with van der Waals surface area (Å²) in [4.78, 5) is 2.66. The zero-order valence-electron chi connectivity index (χ0n) is 14.7. The Hall–Kier alpha value is -0.860. The van der Waals surface area contributed by atoms with E-state index in [1.807, 2.05) is 0 Å². The van der Waals surface area contributed by atoms with Gasteiger partial charge in [0.25, 0.3) is 0 Å². The van der Waals surface area contributed by atoms with Crippen molar-refractivity contribution in [3.05, 3.63) is 34.9 Å². The molecule has 1 N–H and O–H groups in total. The predicted octanol–water partition coefficient (Wildman–Crippen LogP) is 3.90. The van der Waals surface area contributed by atoms with Gasteiger partial charge in [0.15, 0.2) is 0 Å². The topological polar surface area (TPSA) is 15.3 Å². The fourth-order valence-corrected chi connectivity index (χ4v) is 3.47. The van der Waals surface area contributed by atoms with Crippen LogP contribution in [0.2, 0.25) is 0 Å². The molecule has 0 saturated carbocycles. The van der Waals surface area contributed by atoms with Crippen LogP contribution in [0.5, 0.6) is 0 Å². The molecule has 1 aliphatic heterocycles. The largest absolute Gasteiger partial charge is 0.311 e. The standard InChI is InChI=1S/C19H32N2/c1-14(2)7-18-12-21(19(5,6)13-20-18)11-17-9-15(3)8-16(4)10-17/h8-10,14,18,20H,7,11-13H2,1-6H3. The molecule has 2 rings (SSSR count). The first-order valence-electron chi connectivity index (χ1n) is 8.32. The minimum Gasteiger partial charge on any atom is -0.311 e. The van der Waals surface area contributed by atoms with Crippen molar-refractivity contribution < 1.29 is 0 Å². The van der Waals surface area contributed by atoms with Crippen LogP contribution >= 0.6 is 0 Å². The quantitative estimate of drug-likeness (QED) is 0.904. The van der Waals surface area contributed by atoms with Crippen molar-refractivity contribution in [3.63, 3.8) is 0 Å². The van der Waals surface area contributed by atoms with Gasteiger partial charge < -0.3 is 5.32 Å². The van der Waals surface area contributed by atoms with Crippen LogP contribution in [-0.2, 0) is 6.54 Å². The maximum atomic E-state index is 3.74. The molecular weight excluding hydrogens is 256 g/mol. The number of hydrogen-bond donors (Lipinski definition) is 1. The molecule has 1 aromatic carbocycles. The van der Waals surface area contributed by atoms with Gasteiger partial charge in [0.05, 0.1) is 0 Å². The molecular formula is C19H32N2. The smallest absolute Gasteiger partial charge is 0.0281 e. The van der Waals surface area contributed by atoms with Gasteiger partial charge in [-0.25, -0.2) is 0 Å². The highest BCUT2D eigenvalue weighted by molar-refractivity contribution is 5.28. The van der Waals surface area contributed by atoms with Crippen molar-refractivity contribution in [3.8, 4) is 0 Å². The van der Waals surface area contributed by atoms with E-state index in [-0.39, 0.29) is 5.54 Å². The summed E-state index contributed by atoms with van der Waals surface area (Å²) in [6.07, 6.45) is 1.26. The van der Waals surface area contributed by atoms with Crippen LogP contribution in [0.15, 0.2) is 18.2 Å². The minimum atomic E-state index is 0.227. The molecule has 2 heteroatoms. The van der Waals surface area contributed by atoms with Crippen LogP contribution in [0, 0.1) is 19.8 Å². The average Bonchev–Trinajstić information content (AvgIpc) is 2.32. The lowest BCUT2D eigenvalue weighted by molar-refractivity contribution is 0.0535. The van der Waals surface area contributed by atoms with Crippen LogP contribution in [0.25, 0.3) is 0 Å². The normalized spacial score (nSPS) is 22.7. The zero-order chi connectivity index (χ0) is 15.6. The molecule has 1 aliphatic rings. The van der Waals surface area contributed by atoms with E-state index >= 15 is 0 Å². The van der Waals surface area contributed by atoms with E-state index in [1.54, 1.807) is 0 Å². The van der Waals surface area contributed by atoms with Gasteiger partial charge in [-0.1, -0.05) is 43.2 Å². The van der Waals surface area contributed by atoms with Crippen LogP contribution in [0.3, 0.4) is 0 Å². The first-order chi connectivity index (χ1) is 9.76. The summed E-state index contributed by atoms with van der Waals surface area (Å²) in [5, 5.41) is 3.74. The predicted molar refractivity (Wildman–Crippen MR) is 91.7 cm³/mol. The molecule has 1 unspecified atom stereocenters. The summed E-state index contributed by atoms with van der Waals surface area (Å²) in [5.41, 5.74) is 4.42. The number of piperazine rings is 1. The molecule has 1 aromatic rings. The molecule has 1 heterocycles. The van der Waals surface area contributed by atoms with Crippen LogP contribution in [-0.4, -0.2) is 29.6 Å². The Morgan fingerprint density at radius 2 is 1.81 bits per heavy atom. The molecule has 1 atom stereocenters. The number of nitrogens with one attached hydrogen (secondary N) is 1. The van der Waals surface area contributed by atoms with Gasteiger partial charge in [-0.15, -0.1) is 0 Å². The molecule has 1 saturated heterocycles. The van der Waals surface area contributed by atoms with E-state index < -0.39 is 0 Å². The Morgan fingerprint density at radius 1 is 1.19 bits per heavy atom. The molecule has 118 valence electrons. The van der Waals surface area contributed by atoms with Crippen molar-refractivity contribution in [1.29, 1.82) is 0 Å². The SMILES string of the molecule is Cc1cc(C)cc(CN2CC(CC(C)C)NCC2(C)C)c1. The van der Waals surface area contributed by atoms with Crippen LogP contribution in [0.1, 0.15) is 50.8 Å². The number of hydrogen-bond acceptors (Lipinski definition) is 2. The summed E-state index contributed by atoms with van der Waals surface area (Å²) in [6, 6.07) is 7.56. The van der Waals surface area contributed by atoms with Crippen molar-refractivity contribution >= 4 is 0 Å². The van der Waals surface area contributed by atoms with Crippen LogP contribution < -0.4 is 5.32 Å². The summed E-state index contributed by atoms with van der Waals surface area (Å²) < 4.78 is 0. The zero-order valence-corrected chi connectivity index (χ0v) is 14.7. The molecule has 0 aliphatic carbocycles. The number of aryl methyl sites for hydroxylation is 2. The summed E-state index contributed by atoms with van der Waals surface area (Å²) in [6.45, 7) is 17.0. The van der Waals surface area contributed by atoms with Gasteiger partial charge >= 0.3 is 0 Å². The lowest BCUT2D eigenvalue weighted by Crippen LogP contribution is -2.61. The first kappa shape index (κ1) is 16.5. The van der Waals surface area contributed by atoms with E-state index in [0.717, 1.165) is 25.6 Å². The highest BCUT2D eigenvalue weighted by Gasteiger charge is 2.33. The van der Waals surface area contributed by atoms with E-state index in [9.17, 15) is 0 Å². The van der Waals surface area contributed by atoms with Gasteiger partial charge in [-0.05, 0) is 45.6 Å².